The van der Waals surface area contributed by atoms with Crippen LogP contribution in [-0.4, -0.2) is 44.5 Å². The number of ether oxygens (including phenoxy) is 1. The molecule has 0 spiro atoms. The number of rotatable bonds is 6. The third-order valence-electron chi connectivity index (χ3n) is 2.29. The van der Waals surface area contributed by atoms with E-state index in [0.29, 0.717) is 17.6 Å². The van der Waals surface area contributed by atoms with Gasteiger partial charge in [-0.05, 0) is 22.0 Å². The lowest BCUT2D eigenvalue weighted by Crippen LogP contribution is -2.34. The maximum Gasteiger partial charge on any atom is 0.246 e. The van der Waals surface area contributed by atoms with Gasteiger partial charge < -0.3 is 4.74 Å². The van der Waals surface area contributed by atoms with E-state index in [1.54, 1.807) is 6.92 Å². The predicted octanol–water partition coefficient (Wildman–Crippen LogP) is 2.15. The van der Waals surface area contributed by atoms with Crippen LogP contribution in [0.5, 0.6) is 0 Å². The van der Waals surface area contributed by atoms with E-state index in [4.69, 9.17) is 16.3 Å². The molecule has 1 heterocycles. The van der Waals surface area contributed by atoms with E-state index in [1.807, 2.05) is 0 Å². The van der Waals surface area contributed by atoms with Crippen molar-refractivity contribution in [3.8, 4) is 0 Å². The van der Waals surface area contributed by atoms with E-state index in [1.165, 1.54) is 23.7 Å². The number of hydrogen-bond acceptors (Lipinski definition) is 4. The first-order valence-electron chi connectivity index (χ1n) is 5.23. The van der Waals surface area contributed by atoms with Crippen LogP contribution in [-0.2, 0) is 14.8 Å². The quantitative estimate of drug-likeness (QED) is 0.732. The monoisotopic (exact) mass is 356 g/mol. The van der Waals surface area contributed by atoms with Crippen molar-refractivity contribution in [1.82, 2.24) is 9.29 Å². The van der Waals surface area contributed by atoms with Gasteiger partial charge in [-0.15, -0.1) is 0 Å². The number of sulfonamides is 1. The van der Waals surface area contributed by atoms with Crippen LogP contribution in [0.15, 0.2) is 21.6 Å². The fraction of sp³-hybridized carbons (Fsp3) is 0.500. The standard InChI is InChI=1S/C10H14BrClN2O3S/c1-3-14(4-5-17-2)18(15,16)9-6-8(11)7-13-10(9)12/h6-7H,3-5H2,1-2H3. The molecule has 0 aliphatic heterocycles. The largest absolute Gasteiger partial charge is 0.383 e. The third-order valence-corrected chi connectivity index (χ3v) is 5.12. The number of nitrogens with zero attached hydrogens (tertiary/aromatic N) is 2. The Bertz CT molecular complexity index is 510. The van der Waals surface area contributed by atoms with Crippen LogP contribution >= 0.6 is 27.5 Å². The van der Waals surface area contributed by atoms with Crippen LogP contribution in [0.25, 0.3) is 0 Å². The zero-order valence-corrected chi connectivity index (χ0v) is 13.2. The Hall–Kier alpha value is -0.210. The summed E-state index contributed by atoms with van der Waals surface area (Å²) in [5, 5.41) is -0.0333. The molecular weight excluding hydrogens is 344 g/mol. The van der Waals surface area contributed by atoms with Crippen molar-refractivity contribution in [2.45, 2.75) is 11.8 Å². The summed E-state index contributed by atoms with van der Waals surface area (Å²) in [6.45, 7) is 2.70. The van der Waals surface area contributed by atoms with Gasteiger partial charge in [0, 0.05) is 30.9 Å². The first kappa shape index (κ1) is 15.8. The zero-order valence-electron chi connectivity index (χ0n) is 10.1. The van der Waals surface area contributed by atoms with Gasteiger partial charge in [-0.25, -0.2) is 13.4 Å². The van der Waals surface area contributed by atoms with Gasteiger partial charge in [-0.2, -0.15) is 4.31 Å². The molecule has 1 aromatic heterocycles. The van der Waals surface area contributed by atoms with E-state index in [-0.39, 0.29) is 16.6 Å². The first-order valence-corrected chi connectivity index (χ1v) is 7.84. The summed E-state index contributed by atoms with van der Waals surface area (Å²) < 4.78 is 31.5. The molecule has 0 unspecified atom stereocenters. The molecule has 0 aromatic carbocycles. The summed E-state index contributed by atoms with van der Waals surface area (Å²) in [6.07, 6.45) is 1.45. The van der Waals surface area contributed by atoms with Gasteiger partial charge in [0.25, 0.3) is 0 Å². The van der Waals surface area contributed by atoms with Crippen molar-refractivity contribution in [3.63, 3.8) is 0 Å². The number of hydrogen-bond donors (Lipinski definition) is 0. The minimum Gasteiger partial charge on any atom is -0.383 e. The predicted molar refractivity (Wildman–Crippen MR) is 73.3 cm³/mol. The Balaban J connectivity index is 3.14. The average molecular weight is 358 g/mol. The molecule has 5 nitrogen and oxygen atoms in total. The van der Waals surface area contributed by atoms with Crippen LogP contribution in [0, 0.1) is 0 Å². The Morgan fingerprint density at radius 3 is 2.78 bits per heavy atom. The van der Waals surface area contributed by atoms with E-state index in [2.05, 4.69) is 20.9 Å². The number of pyridine rings is 1. The molecule has 0 N–H and O–H groups in total. The maximum absolute atomic E-state index is 12.4. The molecule has 1 aromatic rings. The van der Waals surface area contributed by atoms with Gasteiger partial charge >= 0.3 is 0 Å². The van der Waals surface area contributed by atoms with Crippen LogP contribution in [0.3, 0.4) is 0 Å². The van der Waals surface area contributed by atoms with Gasteiger partial charge in [0.15, 0.2) is 0 Å². The summed E-state index contributed by atoms with van der Waals surface area (Å²) in [4.78, 5) is 3.82. The normalized spacial score (nSPS) is 12.1. The lowest BCUT2D eigenvalue weighted by atomic mass is 10.5. The lowest BCUT2D eigenvalue weighted by Gasteiger charge is -2.20. The van der Waals surface area contributed by atoms with Crippen LogP contribution in [0.1, 0.15) is 6.92 Å². The van der Waals surface area contributed by atoms with Gasteiger partial charge in [-0.3, -0.25) is 0 Å². The molecule has 0 radical (unpaired) electrons. The molecule has 102 valence electrons. The molecule has 1 rings (SSSR count). The maximum atomic E-state index is 12.4. The zero-order chi connectivity index (χ0) is 13.8. The Kier molecular flexibility index (Phi) is 6.00. The molecule has 8 heteroatoms. The van der Waals surface area contributed by atoms with Crippen LogP contribution in [0.4, 0.5) is 0 Å². The van der Waals surface area contributed by atoms with Crippen molar-refractivity contribution in [1.29, 1.82) is 0 Å². The number of aromatic nitrogens is 1. The smallest absolute Gasteiger partial charge is 0.246 e. The summed E-state index contributed by atoms with van der Waals surface area (Å²) in [5.74, 6) is 0. The van der Waals surface area contributed by atoms with E-state index >= 15 is 0 Å². The summed E-state index contributed by atoms with van der Waals surface area (Å²) in [7, 11) is -2.13. The number of methoxy groups -OCH3 is 1. The Morgan fingerprint density at radius 1 is 1.56 bits per heavy atom. The fourth-order valence-electron chi connectivity index (χ4n) is 1.37. The average Bonchev–Trinajstić information content (AvgIpc) is 2.33. The summed E-state index contributed by atoms with van der Waals surface area (Å²) >= 11 is 9.03. The van der Waals surface area contributed by atoms with Crippen LogP contribution in [0.2, 0.25) is 5.15 Å². The second-order valence-corrected chi connectivity index (χ2v) is 6.61. The summed E-state index contributed by atoms with van der Waals surface area (Å²) in [5.41, 5.74) is 0. The molecule has 0 saturated heterocycles. The van der Waals surface area contributed by atoms with Crippen molar-refractivity contribution in [2.75, 3.05) is 26.8 Å². The number of likely N-dealkylation sites (N-methyl/N-ethyl adjacent to an activating group) is 1. The highest BCUT2D eigenvalue weighted by Gasteiger charge is 2.26. The van der Waals surface area contributed by atoms with Gasteiger partial charge in [0.1, 0.15) is 10.0 Å². The third kappa shape index (κ3) is 3.64. The first-order chi connectivity index (χ1) is 8.43. The SMILES string of the molecule is CCN(CCOC)S(=O)(=O)c1cc(Br)cnc1Cl. The topological polar surface area (TPSA) is 59.5 Å². The number of halogens is 2. The molecule has 0 bridgehead atoms. The molecule has 0 atom stereocenters. The van der Waals surface area contributed by atoms with Gasteiger partial charge in [-0.1, -0.05) is 18.5 Å². The second kappa shape index (κ2) is 6.81. The van der Waals surface area contributed by atoms with Crippen molar-refractivity contribution >= 4 is 37.6 Å². The molecule has 0 amide bonds. The Morgan fingerprint density at radius 2 is 2.22 bits per heavy atom. The second-order valence-electron chi connectivity index (χ2n) is 3.43. The molecule has 0 aliphatic rings. The highest BCUT2D eigenvalue weighted by Crippen LogP contribution is 2.25. The minimum atomic E-state index is -3.65. The molecule has 0 fully saturated rings. The van der Waals surface area contributed by atoms with E-state index in [0.717, 1.165) is 0 Å². The van der Waals surface area contributed by atoms with Gasteiger partial charge in [0.05, 0.1) is 6.61 Å². The van der Waals surface area contributed by atoms with Crippen LogP contribution < -0.4 is 0 Å². The molecule has 0 aliphatic carbocycles. The molecule has 0 saturated carbocycles. The summed E-state index contributed by atoms with van der Waals surface area (Å²) in [6, 6.07) is 1.44. The highest BCUT2D eigenvalue weighted by molar-refractivity contribution is 9.10. The molecular formula is C10H14BrClN2O3S. The van der Waals surface area contributed by atoms with E-state index < -0.39 is 10.0 Å². The van der Waals surface area contributed by atoms with Crippen molar-refractivity contribution in [3.05, 3.63) is 21.9 Å². The van der Waals surface area contributed by atoms with Crippen molar-refractivity contribution in [2.24, 2.45) is 0 Å². The highest BCUT2D eigenvalue weighted by atomic mass is 79.9. The molecule has 18 heavy (non-hydrogen) atoms. The minimum absolute atomic E-state index is 0.00325. The lowest BCUT2D eigenvalue weighted by molar-refractivity contribution is 0.180. The van der Waals surface area contributed by atoms with Crippen molar-refractivity contribution < 1.29 is 13.2 Å². The Labute approximate surface area is 120 Å². The fourth-order valence-corrected chi connectivity index (χ4v) is 3.72. The van der Waals surface area contributed by atoms with Gasteiger partial charge in [0.2, 0.25) is 10.0 Å². The van der Waals surface area contributed by atoms with E-state index in [9.17, 15) is 8.42 Å².